The first-order valence-corrected chi connectivity index (χ1v) is 6.70. The van der Waals surface area contributed by atoms with Crippen molar-refractivity contribution in [2.75, 3.05) is 5.32 Å². The highest BCUT2D eigenvalue weighted by Gasteiger charge is 2.26. The predicted octanol–water partition coefficient (Wildman–Crippen LogP) is 4.03. The van der Waals surface area contributed by atoms with E-state index < -0.39 is 0 Å². The summed E-state index contributed by atoms with van der Waals surface area (Å²) in [6.45, 7) is 3.89. The van der Waals surface area contributed by atoms with E-state index in [4.69, 9.17) is 11.6 Å². The molecule has 0 atom stereocenters. The average Bonchev–Trinajstić information content (AvgIpc) is 2.71. The van der Waals surface area contributed by atoms with Gasteiger partial charge in [0, 0.05) is 10.6 Å². The van der Waals surface area contributed by atoms with E-state index in [9.17, 15) is 4.79 Å². The van der Waals surface area contributed by atoms with Gasteiger partial charge in [0.25, 0.3) is 5.91 Å². The van der Waals surface area contributed by atoms with Crippen LogP contribution in [0.4, 0.5) is 11.4 Å². The summed E-state index contributed by atoms with van der Waals surface area (Å²) < 4.78 is 0. The van der Waals surface area contributed by atoms with E-state index in [0.717, 1.165) is 28.1 Å². The van der Waals surface area contributed by atoms with Crippen LogP contribution in [0.1, 0.15) is 16.7 Å². The van der Waals surface area contributed by atoms with E-state index in [1.165, 1.54) is 0 Å². The van der Waals surface area contributed by atoms with E-state index in [1.807, 2.05) is 50.2 Å². The molecule has 3 nitrogen and oxygen atoms in total. The number of halogens is 1. The third-order valence-electron chi connectivity index (χ3n) is 3.36. The molecule has 1 amide bonds. The van der Waals surface area contributed by atoms with Gasteiger partial charge >= 0.3 is 0 Å². The van der Waals surface area contributed by atoms with Gasteiger partial charge in [-0.25, -0.2) is 4.99 Å². The molecule has 2 aromatic carbocycles. The van der Waals surface area contributed by atoms with Gasteiger partial charge < -0.3 is 5.32 Å². The fourth-order valence-electron chi connectivity index (χ4n) is 2.22. The zero-order valence-corrected chi connectivity index (χ0v) is 12.0. The Labute approximate surface area is 122 Å². The van der Waals surface area contributed by atoms with Crippen molar-refractivity contribution in [1.29, 1.82) is 0 Å². The standard InChI is InChI=1S/C16H13ClN2O/c1-9-6-7-14-11(8-9)15(16(20)19-14)18-13-5-3-4-12(17)10(13)2/h3-8H,1-2H3,(H,18,19,20). The molecule has 0 radical (unpaired) electrons. The van der Waals surface area contributed by atoms with Crippen LogP contribution in [0.2, 0.25) is 5.02 Å². The van der Waals surface area contributed by atoms with Crippen LogP contribution < -0.4 is 5.32 Å². The predicted molar refractivity (Wildman–Crippen MR) is 82.2 cm³/mol. The number of fused-ring (bicyclic) bond motifs is 1. The number of hydrogen-bond acceptors (Lipinski definition) is 2. The molecule has 3 rings (SSSR count). The molecule has 0 fully saturated rings. The molecule has 0 saturated carbocycles. The average molecular weight is 285 g/mol. The maximum Gasteiger partial charge on any atom is 0.275 e. The van der Waals surface area contributed by atoms with E-state index in [0.29, 0.717) is 10.7 Å². The number of carbonyl (C=O) groups excluding carboxylic acids is 1. The molecule has 1 aliphatic rings. The molecule has 2 aromatic rings. The van der Waals surface area contributed by atoms with Gasteiger partial charge in [0.2, 0.25) is 0 Å². The SMILES string of the molecule is Cc1ccc2c(c1)C(=Nc1cccc(Cl)c1C)C(=O)N2. The maximum absolute atomic E-state index is 12.1. The summed E-state index contributed by atoms with van der Waals surface area (Å²) in [5, 5.41) is 3.47. The molecule has 1 heterocycles. The summed E-state index contributed by atoms with van der Waals surface area (Å²) in [5.41, 5.74) is 4.77. The van der Waals surface area contributed by atoms with Crippen molar-refractivity contribution in [1.82, 2.24) is 0 Å². The van der Waals surface area contributed by atoms with Crippen LogP contribution in [-0.4, -0.2) is 11.6 Å². The Morgan fingerprint density at radius 1 is 1.15 bits per heavy atom. The lowest BCUT2D eigenvalue weighted by Crippen LogP contribution is -2.14. The summed E-state index contributed by atoms with van der Waals surface area (Å²) in [6, 6.07) is 11.3. The third-order valence-corrected chi connectivity index (χ3v) is 3.77. The Hall–Kier alpha value is -2.13. The summed E-state index contributed by atoms with van der Waals surface area (Å²) in [7, 11) is 0. The second-order valence-corrected chi connectivity index (χ2v) is 5.25. The number of rotatable bonds is 1. The van der Waals surface area contributed by atoms with E-state index >= 15 is 0 Å². The Kier molecular flexibility index (Phi) is 3.07. The quantitative estimate of drug-likeness (QED) is 0.844. The monoisotopic (exact) mass is 284 g/mol. The van der Waals surface area contributed by atoms with Crippen molar-refractivity contribution in [2.45, 2.75) is 13.8 Å². The summed E-state index contributed by atoms with van der Waals surface area (Å²) in [4.78, 5) is 16.6. The van der Waals surface area contributed by atoms with Gasteiger partial charge in [-0.05, 0) is 43.7 Å². The Morgan fingerprint density at radius 2 is 1.95 bits per heavy atom. The van der Waals surface area contributed by atoms with E-state index in [1.54, 1.807) is 0 Å². The summed E-state index contributed by atoms with van der Waals surface area (Å²) >= 11 is 6.09. The Morgan fingerprint density at radius 3 is 2.75 bits per heavy atom. The van der Waals surface area contributed by atoms with Crippen molar-refractivity contribution in [2.24, 2.45) is 4.99 Å². The van der Waals surface area contributed by atoms with Crippen LogP contribution in [-0.2, 0) is 4.79 Å². The van der Waals surface area contributed by atoms with Gasteiger partial charge in [-0.15, -0.1) is 0 Å². The van der Waals surface area contributed by atoms with Crippen LogP contribution >= 0.6 is 11.6 Å². The molecular formula is C16H13ClN2O. The Balaban J connectivity index is 2.15. The topological polar surface area (TPSA) is 41.5 Å². The van der Waals surface area contributed by atoms with Crippen LogP contribution in [0.15, 0.2) is 41.4 Å². The lowest BCUT2D eigenvalue weighted by atomic mass is 10.1. The molecule has 100 valence electrons. The summed E-state index contributed by atoms with van der Waals surface area (Å²) in [6.07, 6.45) is 0. The van der Waals surface area contributed by atoms with Gasteiger partial charge in [-0.1, -0.05) is 29.3 Å². The molecule has 0 bridgehead atoms. The highest BCUT2D eigenvalue weighted by atomic mass is 35.5. The minimum absolute atomic E-state index is 0.176. The number of aryl methyl sites for hydroxylation is 1. The number of aliphatic imine (C=N–C) groups is 1. The third kappa shape index (κ3) is 2.10. The van der Waals surface area contributed by atoms with Gasteiger partial charge in [0.1, 0.15) is 5.71 Å². The van der Waals surface area contributed by atoms with Gasteiger partial charge in [-0.2, -0.15) is 0 Å². The normalized spacial score (nSPS) is 15.3. The van der Waals surface area contributed by atoms with Crippen LogP contribution in [0.25, 0.3) is 0 Å². The molecule has 20 heavy (non-hydrogen) atoms. The van der Waals surface area contributed by atoms with Crippen molar-refractivity contribution >= 4 is 34.6 Å². The van der Waals surface area contributed by atoms with Gasteiger partial charge in [-0.3, -0.25) is 4.79 Å². The summed E-state index contributed by atoms with van der Waals surface area (Å²) in [5.74, 6) is -0.176. The number of nitrogens with one attached hydrogen (secondary N) is 1. The first-order chi connectivity index (χ1) is 9.56. The first kappa shape index (κ1) is 12.9. The van der Waals surface area contributed by atoms with Crippen molar-refractivity contribution < 1.29 is 4.79 Å². The van der Waals surface area contributed by atoms with Crippen LogP contribution in [0.5, 0.6) is 0 Å². The molecule has 0 aromatic heterocycles. The molecule has 1 N–H and O–H groups in total. The van der Waals surface area contributed by atoms with E-state index in [-0.39, 0.29) is 5.91 Å². The minimum Gasteiger partial charge on any atom is -0.320 e. The smallest absolute Gasteiger partial charge is 0.275 e. The van der Waals surface area contributed by atoms with Crippen molar-refractivity contribution in [3.05, 3.63) is 58.1 Å². The van der Waals surface area contributed by atoms with Crippen molar-refractivity contribution in [3.8, 4) is 0 Å². The number of amides is 1. The number of carbonyl (C=O) groups is 1. The minimum atomic E-state index is -0.176. The van der Waals surface area contributed by atoms with Crippen LogP contribution in [0.3, 0.4) is 0 Å². The number of nitrogens with zero attached hydrogens (tertiary/aromatic N) is 1. The van der Waals surface area contributed by atoms with Gasteiger partial charge in [0.15, 0.2) is 0 Å². The first-order valence-electron chi connectivity index (χ1n) is 6.32. The lowest BCUT2D eigenvalue weighted by molar-refractivity contribution is -0.110. The number of hydrogen-bond donors (Lipinski definition) is 1. The zero-order valence-electron chi connectivity index (χ0n) is 11.2. The molecule has 0 saturated heterocycles. The molecule has 0 aliphatic carbocycles. The highest BCUT2D eigenvalue weighted by molar-refractivity contribution is 6.54. The largest absolute Gasteiger partial charge is 0.320 e. The molecule has 1 aliphatic heterocycles. The highest BCUT2D eigenvalue weighted by Crippen LogP contribution is 2.30. The molecule has 4 heteroatoms. The second kappa shape index (κ2) is 4.76. The number of anilines is 1. The maximum atomic E-state index is 12.1. The molecule has 0 unspecified atom stereocenters. The van der Waals surface area contributed by atoms with Crippen molar-refractivity contribution in [3.63, 3.8) is 0 Å². The number of benzene rings is 2. The molecule has 0 spiro atoms. The Bertz CT molecular complexity index is 750. The molecular weight excluding hydrogens is 272 g/mol. The van der Waals surface area contributed by atoms with E-state index in [2.05, 4.69) is 10.3 Å². The fourth-order valence-corrected chi connectivity index (χ4v) is 2.39. The van der Waals surface area contributed by atoms with Crippen LogP contribution in [0, 0.1) is 13.8 Å². The lowest BCUT2D eigenvalue weighted by Gasteiger charge is -2.04. The second-order valence-electron chi connectivity index (χ2n) is 4.85. The van der Waals surface area contributed by atoms with Gasteiger partial charge in [0.05, 0.1) is 11.4 Å². The zero-order chi connectivity index (χ0) is 14.3. The fraction of sp³-hybridized carbons (Fsp3) is 0.125.